The first-order valence-corrected chi connectivity index (χ1v) is 10.6. The number of esters is 1. The minimum absolute atomic E-state index is 0.187. The van der Waals surface area contributed by atoms with E-state index in [-0.39, 0.29) is 25.2 Å². The van der Waals surface area contributed by atoms with Gasteiger partial charge in [-0.05, 0) is 56.5 Å². The number of carbonyl (C=O) groups excluding carboxylic acids is 2. The highest BCUT2D eigenvalue weighted by molar-refractivity contribution is 5.91. The first-order valence-electron chi connectivity index (χ1n) is 10.6. The van der Waals surface area contributed by atoms with Crippen LogP contribution in [-0.4, -0.2) is 23.6 Å². The summed E-state index contributed by atoms with van der Waals surface area (Å²) in [4.78, 5) is 24.6. The van der Waals surface area contributed by atoms with Gasteiger partial charge in [0.05, 0.1) is 22.9 Å². The average molecular weight is 437 g/mol. The summed E-state index contributed by atoms with van der Waals surface area (Å²) in [6, 6.07) is 14.5. The van der Waals surface area contributed by atoms with Gasteiger partial charge >= 0.3 is 5.97 Å². The summed E-state index contributed by atoms with van der Waals surface area (Å²) < 4.78 is 16.1. The number of aryl methyl sites for hydroxylation is 3. The van der Waals surface area contributed by atoms with Crippen molar-refractivity contribution in [2.75, 3.05) is 6.61 Å². The molecule has 3 aromatic rings. The van der Waals surface area contributed by atoms with Crippen LogP contribution in [0.1, 0.15) is 58.4 Å². The Hall–Kier alpha value is -3.61. The molecule has 1 aromatic heterocycles. The summed E-state index contributed by atoms with van der Waals surface area (Å²) in [5, 5.41) is 6.74. The molecule has 32 heavy (non-hydrogen) atoms. The van der Waals surface area contributed by atoms with Crippen molar-refractivity contribution >= 4 is 11.9 Å². The van der Waals surface area contributed by atoms with Crippen molar-refractivity contribution in [1.82, 2.24) is 10.5 Å². The fraction of sp³-hybridized carbons (Fsp3) is 0.320. The molecule has 3 rings (SSSR count). The number of carbonyl (C=O) groups is 2. The third-order valence-corrected chi connectivity index (χ3v) is 5.23. The van der Waals surface area contributed by atoms with Crippen LogP contribution in [-0.2, 0) is 22.6 Å². The lowest BCUT2D eigenvalue weighted by Gasteiger charge is -2.15. The zero-order valence-corrected chi connectivity index (χ0v) is 18.8. The average Bonchev–Trinajstić information content (AvgIpc) is 3.13. The van der Waals surface area contributed by atoms with E-state index in [1.165, 1.54) is 5.56 Å². The predicted octanol–water partition coefficient (Wildman–Crippen LogP) is 4.47. The number of ether oxygens (including phenoxy) is 2. The van der Waals surface area contributed by atoms with Crippen LogP contribution < -0.4 is 10.1 Å². The minimum atomic E-state index is -0.595. The van der Waals surface area contributed by atoms with E-state index in [0.29, 0.717) is 17.1 Å². The van der Waals surface area contributed by atoms with Gasteiger partial charge < -0.3 is 19.3 Å². The topological polar surface area (TPSA) is 90.7 Å². The maximum Gasteiger partial charge on any atom is 0.338 e. The zero-order valence-electron chi connectivity index (χ0n) is 18.8. The number of hydrogen-bond acceptors (Lipinski definition) is 6. The van der Waals surface area contributed by atoms with Crippen molar-refractivity contribution in [3.05, 3.63) is 82.2 Å². The molecule has 0 saturated heterocycles. The van der Waals surface area contributed by atoms with Crippen LogP contribution in [0.2, 0.25) is 0 Å². The molecule has 0 fully saturated rings. The molecule has 0 bridgehead atoms. The number of amides is 1. The van der Waals surface area contributed by atoms with Gasteiger partial charge in [0.2, 0.25) is 0 Å². The molecule has 1 amide bonds. The van der Waals surface area contributed by atoms with Gasteiger partial charge in [-0.25, -0.2) is 4.79 Å². The third kappa shape index (κ3) is 5.97. The Balaban J connectivity index is 1.50. The minimum Gasteiger partial charge on any atom is -0.489 e. The standard InChI is InChI=1S/C25H28N2O5/c1-5-19-9-11-20(12-10-19)16(2)26-24(28)15-31-25(29)21-7-6-8-22(13-21)30-14-23-17(3)27-32-18(23)4/h6-13,16H,5,14-15H2,1-4H3,(H,26,28). The van der Waals surface area contributed by atoms with Gasteiger partial charge in [-0.15, -0.1) is 0 Å². The third-order valence-electron chi connectivity index (χ3n) is 5.23. The summed E-state index contributed by atoms with van der Waals surface area (Å²) in [5.41, 5.74) is 4.16. The molecule has 0 aliphatic rings. The molecule has 0 saturated carbocycles. The van der Waals surface area contributed by atoms with Gasteiger partial charge in [0, 0.05) is 0 Å². The highest BCUT2D eigenvalue weighted by Crippen LogP contribution is 2.19. The summed E-state index contributed by atoms with van der Waals surface area (Å²) in [6.45, 7) is 7.56. The molecular formula is C25H28N2O5. The molecule has 7 nitrogen and oxygen atoms in total. The lowest BCUT2D eigenvalue weighted by atomic mass is 10.1. The van der Waals surface area contributed by atoms with Crippen LogP contribution in [0.25, 0.3) is 0 Å². The number of hydrogen-bond donors (Lipinski definition) is 1. The Kier molecular flexibility index (Phi) is 7.65. The van der Waals surface area contributed by atoms with E-state index in [4.69, 9.17) is 14.0 Å². The van der Waals surface area contributed by atoms with Crippen molar-refractivity contribution in [2.45, 2.75) is 46.8 Å². The van der Waals surface area contributed by atoms with Crippen LogP contribution in [0.3, 0.4) is 0 Å². The maximum absolute atomic E-state index is 12.4. The van der Waals surface area contributed by atoms with Crippen LogP contribution in [0.15, 0.2) is 53.1 Å². The lowest BCUT2D eigenvalue weighted by molar-refractivity contribution is -0.124. The van der Waals surface area contributed by atoms with E-state index >= 15 is 0 Å². The van der Waals surface area contributed by atoms with Gasteiger partial charge in [0.25, 0.3) is 5.91 Å². The van der Waals surface area contributed by atoms with E-state index in [1.807, 2.05) is 45.0 Å². The highest BCUT2D eigenvalue weighted by atomic mass is 16.5. The molecule has 1 unspecified atom stereocenters. The normalized spacial score (nSPS) is 11.6. The first kappa shape index (κ1) is 23.1. The summed E-state index contributed by atoms with van der Waals surface area (Å²) in [6.07, 6.45) is 0.961. The SMILES string of the molecule is CCc1ccc(C(C)NC(=O)COC(=O)c2cccc(OCc3c(C)noc3C)c2)cc1. The largest absolute Gasteiger partial charge is 0.489 e. The second kappa shape index (κ2) is 10.6. The fourth-order valence-electron chi connectivity index (χ4n) is 3.20. The monoisotopic (exact) mass is 436 g/mol. The van der Waals surface area contributed by atoms with Crippen LogP contribution in [0, 0.1) is 13.8 Å². The van der Waals surface area contributed by atoms with Crippen molar-refractivity contribution in [3.63, 3.8) is 0 Å². The van der Waals surface area contributed by atoms with E-state index in [9.17, 15) is 9.59 Å². The zero-order chi connectivity index (χ0) is 23.1. The van der Waals surface area contributed by atoms with Gasteiger partial charge in [-0.1, -0.05) is 42.4 Å². The van der Waals surface area contributed by atoms with Crippen LogP contribution >= 0.6 is 0 Å². The van der Waals surface area contributed by atoms with Gasteiger partial charge in [-0.3, -0.25) is 4.79 Å². The van der Waals surface area contributed by atoms with Crippen molar-refractivity contribution in [3.8, 4) is 5.75 Å². The van der Waals surface area contributed by atoms with Gasteiger partial charge in [-0.2, -0.15) is 0 Å². The fourth-order valence-corrected chi connectivity index (χ4v) is 3.20. The maximum atomic E-state index is 12.4. The van der Waals surface area contributed by atoms with E-state index in [2.05, 4.69) is 17.4 Å². The molecule has 1 atom stereocenters. The van der Waals surface area contributed by atoms with Crippen LogP contribution in [0.5, 0.6) is 5.75 Å². The first-order chi connectivity index (χ1) is 15.4. The molecule has 0 spiro atoms. The molecular weight excluding hydrogens is 408 g/mol. The Morgan fingerprint density at radius 2 is 1.88 bits per heavy atom. The second-order valence-electron chi connectivity index (χ2n) is 7.58. The van der Waals surface area contributed by atoms with Gasteiger partial charge in [0.1, 0.15) is 18.1 Å². The van der Waals surface area contributed by atoms with Crippen molar-refractivity contribution in [2.24, 2.45) is 0 Å². The second-order valence-corrected chi connectivity index (χ2v) is 7.58. The van der Waals surface area contributed by atoms with Gasteiger partial charge in [0.15, 0.2) is 6.61 Å². The molecule has 0 aliphatic carbocycles. The summed E-state index contributed by atoms with van der Waals surface area (Å²) in [5.74, 6) is 0.242. The predicted molar refractivity (Wildman–Crippen MR) is 119 cm³/mol. The smallest absolute Gasteiger partial charge is 0.338 e. The molecule has 7 heteroatoms. The van der Waals surface area contributed by atoms with Crippen molar-refractivity contribution < 1.29 is 23.6 Å². The number of aromatic nitrogens is 1. The Bertz CT molecular complexity index is 1050. The molecule has 1 heterocycles. The van der Waals surface area contributed by atoms with E-state index in [1.54, 1.807) is 24.3 Å². The Morgan fingerprint density at radius 1 is 1.12 bits per heavy atom. The molecule has 168 valence electrons. The van der Waals surface area contributed by atoms with E-state index < -0.39 is 5.97 Å². The number of nitrogens with one attached hydrogen (secondary N) is 1. The number of rotatable bonds is 9. The molecule has 1 N–H and O–H groups in total. The molecule has 0 aliphatic heterocycles. The Morgan fingerprint density at radius 3 is 2.53 bits per heavy atom. The number of nitrogens with zero attached hydrogens (tertiary/aromatic N) is 1. The molecule has 2 aromatic carbocycles. The van der Waals surface area contributed by atoms with Crippen LogP contribution in [0.4, 0.5) is 0 Å². The van der Waals surface area contributed by atoms with Crippen molar-refractivity contribution in [1.29, 1.82) is 0 Å². The quantitative estimate of drug-likeness (QED) is 0.498. The summed E-state index contributed by atoms with van der Waals surface area (Å²) in [7, 11) is 0. The lowest BCUT2D eigenvalue weighted by Crippen LogP contribution is -2.31. The highest BCUT2D eigenvalue weighted by Gasteiger charge is 2.15. The Labute approximate surface area is 187 Å². The number of benzene rings is 2. The summed E-state index contributed by atoms with van der Waals surface area (Å²) >= 11 is 0. The molecule has 0 radical (unpaired) electrons. The van der Waals surface area contributed by atoms with E-state index in [0.717, 1.165) is 23.2 Å².